The van der Waals surface area contributed by atoms with Crippen molar-refractivity contribution in [2.24, 2.45) is 0 Å². The second-order valence-electron chi connectivity index (χ2n) is 10.9. The summed E-state index contributed by atoms with van der Waals surface area (Å²) in [4.78, 5) is 33.0. The van der Waals surface area contributed by atoms with E-state index in [1.165, 1.54) is 0 Å². The molecule has 0 aliphatic rings. The van der Waals surface area contributed by atoms with Gasteiger partial charge in [0, 0.05) is 22.1 Å². The Kier molecular flexibility index (Phi) is 8.02. The predicted octanol–water partition coefficient (Wildman–Crippen LogP) is 8.93. The van der Waals surface area contributed by atoms with Gasteiger partial charge >= 0.3 is 11.9 Å². The number of rotatable bonds is 8. The topological polar surface area (TPSA) is 83.3 Å². The molecule has 0 N–H and O–H groups in total. The highest BCUT2D eigenvalue weighted by Crippen LogP contribution is 2.45. The van der Waals surface area contributed by atoms with E-state index in [1.54, 1.807) is 19.9 Å². The van der Waals surface area contributed by atoms with Gasteiger partial charge in [0.1, 0.15) is 5.69 Å². The summed E-state index contributed by atoms with van der Waals surface area (Å²) in [6, 6.07) is 40.6. The number of carbonyl (C=O) groups is 2. The van der Waals surface area contributed by atoms with E-state index in [0.29, 0.717) is 50.1 Å². The van der Waals surface area contributed by atoms with Gasteiger partial charge in [-0.2, -0.15) is 5.10 Å². The molecule has 0 spiro atoms. The van der Waals surface area contributed by atoms with Crippen molar-refractivity contribution in [3.8, 4) is 39.3 Å². The van der Waals surface area contributed by atoms with Crippen LogP contribution in [-0.4, -0.2) is 39.9 Å². The van der Waals surface area contributed by atoms with E-state index in [2.05, 4.69) is 0 Å². The normalized spacial score (nSPS) is 11.1. The number of nitrogens with zero attached hydrogens (tertiary/aromatic N) is 3. The Morgan fingerprint density at radius 1 is 0.617 bits per heavy atom. The first-order valence-electron chi connectivity index (χ1n) is 15.6. The number of carbonyl (C=O) groups excluding carboxylic acids is 2. The van der Waals surface area contributed by atoms with E-state index in [-0.39, 0.29) is 13.2 Å². The fraction of sp³-hybridized carbons (Fsp3) is 0.100. The highest BCUT2D eigenvalue weighted by atomic mass is 16.5. The van der Waals surface area contributed by atoms with Gasteiger partial charge < -0.3 is 9.47 Å². The third kappa shape index (κ3) is 5.32. The quantitative estimate of drug-likeness (QED) is 0.158. The van der Waals surface area contributed by atoms with Crippen molar-refractivity contribution >= 4 is 33.7 Å². The maximum atomic E-state index is 14.3. The third-order valence-electron chi connectivity index (χ3n) is 8.06. The number of para-hydroxylation sites is 1. The molecule has 230 valence electrons. The van der Waals surface area contributed by atoms with E-state index in [1.807, 2.05) is 126 Å². The van der Waals surface area contributed by atoms with E-state index in [4.69, 9.17) is 19.6 Å². The van der Waals surface area contributed by atoms with Gasteiger partial charge in [0.15, 0.2) is 5.65 Å². The molecule has 0 fully saturated rings. The van der Waals surface area contributed by atoms with Gasteiger partial charge in [-0.15, -0.1) is 0 Å². The van der Waals surface area contributed by atoms with Crippen LogP contribution in [0.15, 0.2) is 127 Å². The highest BCUT2D eigenvalue weighted by Gasteiger charge is 2.31. The van der Waals surface area contributed by atoms with E-state index in [0.717, 1.165) is 22.2 Å². The average molecular weight is 618 g/mol. The first-order valence-corrected chi connectivity index (χ1v) is 15.6. The lowest BCUT2D eigenvalue weighted by Gasteiger charge is -2.19. The molecule has 0 radical (unpaired) electrons. The van der Waals surface area contributed by atoms with Crippen LogP contribution >= 0.6 is 0 Å². The summed E-state index contributed by atoms with van der Waals surface area (Å²) >= 11 is 0. The van der Waals surface area contributed by atoms with Gasteiger partial charge in [-0.05, 0) is 43.0 Å². The van der Waals surface area contributed by atoms with Crippen LogP contribution in [0.4, 0.5) is 0 Å². The SMILES string of the molecule is CCOC(=O)c1c(-c2ccccc2)nc2c(c(-c3ccccc3)nn2-c2ccccc2)c1-c1cccc2cccc(C(=O)OCC)c12. The average Bonchev–Trinajstić information content (AvgIpc) is 3.51. The Morgan fingerprint density at radius 3 is 1.83 bits per heavy atom. The molecule has 7 nitrogen and oxygen atoms in total. The molecule has 0 amide bonds. The zero-order valence-electron chi connectivity index (χ0n) is 26.0. The molecule has 0 aliphatic heterocycles. The summed E-state index contributed by atoms with van der Waals surface area (Å²) < 4.78 is 13.1. The first-order chi connectivity index (χ1) is 23.1. The number of ether oxygens (including phenoxy) is 2. The minimum atomic E-state index is -0.521. The van der Waals surface area contributed by atoms with Crippen molar-refractivity contribution in [1.29, 1.82) is 0 Å². The smallest absolute Gasteiger partial charge is 0.341 e. The molecule has 0 unspecified atom stereocenters. The molecule has 0 bridgehead atoms. The van der Waals surface area contributed by atoms with Crippen molar-refractivity contribution in [3.05, 3.63) is 139 Å². The summed E-state index contributed by atoms with van der Waals surface area (Å²) in [5.41, 5.74) is 6.00. The van der Waals surface area contributed by atoms with E-state index < -0.39 is 11.9 Å². The predicted molar refractivity (Wildman–Crippen MR) is 185 cm³/mol. The minimum Gasteiger partial charge on any atom is -0.462 e. The summed E-state index contributed by atoms with van der Waals surface area (Å²) in [6.07, 6.45) is 0. The van der Waals surface area contributed by atoms with Gasteiger partial charge in [-0.3, -0.25) is 0 Å². The number of esters is 2. The summed E-state index contributed by atoms with van der Waals surface area (Å²) in [7, 11) is 0. The monoisotopic (exact) mass is 617 g/mol. The van der Waals surface area contributed by atoms with E-state index >= 15 is 0 Å². The second kappa shape index (κ2) is 12.7. The number of fused-ring (bicyclic) bond motifs is 2. The molecule has 5 aromatic carbocycles. The Morgan fingerprint density at radius 2 is 1.19 bits per heavy atom. The van der Waals surface area contributed by atoms with Crippen molar-refractivity contribution in [1.82, 2.24) is 14.8 Å². The fourth-order valence-corrected chi connectivity index (χ4v) is 6.10. The summed E-state index contributed by atoms with van der Waals surface area (Å²) in [5, 5.41) is 7.32. The van der Waals surface area contributed by atoms with Crippen molar-refractivity contribution in [3.63, 3.8) is 0 Å². The number of benzene rings is 5. The second-order valence-corrected chi connectivity index (χ2v) is 10.9. The third-order valence-corrected chi connectivity index (χ3v) is 8.06. The molecule has 0 atom stereocenters. The van der Waals surface area contributed by atoms with Crippen LogP contribution in [0.1, 0.15) is 34.6 Å². The summed E-state index contributed by atoms with van der Waals surface area (Å²) in [5.74, 6) is -0.965. The Bertz CT molecular complexity index is 2240. The minimum absolute atomic E-state index is 0.170. The molecule has 7 rings (SSSR count). The molecule has 0 saturated carbocycles. The molecular weight excluding hydrogens is 586 g/mol. The van der Waals surface area contributed by atoms with Crippen molar-refractivity contribution in [2.45, 2.75) is 13.8 Å². The standard InChI is InChI=1S/C40H31N3O4/c1-3-46-39(44)31-25-15-21-26-20-14-24-30(32(26)31)33-34-37(28-18-10-6-11-19-28)42-43(29-22-12-7-13-23-29)38(34)41-36(27-16-8-5-9-17-27)35(33)40(45)47-4-2/h5-25H,3-4H2,1-2H3. The van der Waals surface area contributed by atoms with Crippen LogP contribution < -0.4 is 0 Å². The van der Waals surface area contributed by atoms with Crippen LogP contribution in [0.3, 0.4) is 0 Å². The van der Waals surface area contributed by atoms with Crippen LogP contribution in [0, 0.1) is 0 Å². The van der Waals surface area contributed by atoms with Gasteiger partial charge in [-0.25, -0.2) is 19.3 Å². The van der Waals surface area contributed by atoms with Gasteiger partial charge in [0.05, 0.1) is 41.1 Å². The van der Waals surface area contributed by atoms with Crippen molar-refractivity contribution < 1.29 is 19.1 Å². The molecule has 7 heteroatoms. The maximum absolute atomic E-state index is 14.3. The number of hydrogen-bond acceptors (Lipinski definition) is 6. The fourth-order valence-electron chi connectivity index (χ4n) is 6.10. The van der Waals surface area contributed by atoms with Crippen LogP contribution in [-0.2, 0) is 9.47 Å². The van der Waals surface area contributed by atoms with Gasteiger partial charge in [-0.1, -0.05) is 109 Å². The number of aromatic nitrogens is 3. The van der Waals surface area contributed by atoms with Crippen molar-refractivity contribution in [2.75, 3.05) is 13.2 Å². The molecule has 0 aliphatic carbocycles. The van der Waals surface area contributed by atoms with Crippen LogP contribution in [0.2, 0.25) is 0 Å². The lowest BCUT2D eigenvalue weighted by molar-refractivity contribution is 0.0519. The largest absolute Gasteiger partial charge is 0.462 e. The molecule has 7 aromatic rings. The van der Waals surface area contributed by atoms with Crippen LogP contribution in [0.5, 0.6) is 0 Å². The lowest BCUT2D eigenvalue weighted by Crippen LogP contribution is -2.12. The van der Waals surface area contributed by atoms with Crippen LogP contribution in [0.25, 0.3) is 61.1 Å². The lowest BCUT2D eigenvalue weighted by atomic mass is 9.87. The maximum Gasteiger partial charge on any atom is 0.341 e. The van der Waals surface area contributed by atoms with Gasteiger partial charge in [0.2, 0.25) is 0 Å². The Balaban J connectivity index is 1.74. The molecule has 0 saturated heterocycles. The molecule has 2 heterocycles. The summed E-state index contributed by atoms with van der Waals surface area (Å²) in [6.45, 7) is 3.96. The highest BCUT2D eigenvalue weighted by molar-refractivity contribution is 6.20. The first kappa shape index (κ1) is 29.6. The van der Waals surface area contributed by atoms with E-state index in [9.17, 15) is 9.59 Å². The number of pyridine rings is 1. The molecule has 2 aromatic heterocycles. The zero-order chi connectivity index (χ0) is 32.3. The zero-order valence-corrected chi connectivity index (χ0v) is 26.0. The molecular formula is C40H31N3O4. The van der Waals surface area contributed by atoms with Gasteiger partial charge in [0.25, 0.3) is 0 Å². The Labute approximate surface area is 272 Å². The Hall–Kier alpha value is -6.08. The molecule has 47 heavy (non-hydrogen) atoms. The number of hydrogen-bond donors (Lipinski definition) is 0.